The Balaban J connectivity index is 1.54. The van der Waals surface area contributed by atoms with Crippen molar-refractivity contribution in [3.05, 3.63) is 60.0 Å². The maximum atomic E-state index is 5.60. The van der Waals surface area contributed by atoms with Crippen LogP contribution in [0.1, 0.15) is 30.3 Å². The molecule has 1 unspecified atom stereocenters. The smallest absolute Gasteiger partial charge is 0.241 e. The largest absolute Gasteiger partial charge is 0.497 e. The number of methoxy groups -OCH3 is 2. The predicted molar refractivity (Wildman–Crippen MR) is 102 cm³/mol. The van der Waals surface area contributed by atoms with Crippen LogP contribution in [0.25, 0.3) is 11.4 Å². The number of aromatic nitrogens is 2. The van der Waals surface area contributed by atoms with E-state index in [0.717, 1.165) is 36.4 Å². The zero-order chi connectivity index (χ0) is 18.6. The first-order valence-corrected chi connectivity index (χ1v) is 9.12. The van der Waals surface area contributed by atoms with Crippen molar-refractivity contribution in [1.29, 1.82) is 0 Å². The lowest BCUT2D eigenvalue weighted by Gasteiger charge is -2.25. The number of rotatable bonds is 6. The molecule has 1 aliphatic heterocycles. The Morgan fingerprint density at radius 1 is 1.11 bits per heavy atom. The minimum Gasteiger partial charge on any atom is -0.497 e. The van der Waals surface area contributed by atoms with E-state index in [2.05, 4.69) is 21.1 Å². The van der Waals surface area contributed by atoms with Crippen molar-refractivity contribution in [3.8, 4) is 22.9 Å². The normalized spacial score (nSPS) is 17.2. The van der Waals surface area contributed by atoms with E-state index in [1.807, 2.05) is 42.5 Å². The van der Waals surface area contributed by atoms with Gasteiger partial charge in [0.25, 0.3) is 0 Å². The molecular weight excluding hydrogens is 342 g/mol. The molecular formula is C21H23N3O3. The molecule has 2 heterocycles. The first kappa shape index (κ1) is 17.5. The molecule has 0 saturated carbocycles. The third-order valence-electron chi connectivity index (χ3n) is 5.00. The minimum atomic E-state index is 0.262. The molecule has 0 N–H and O–H groups in total. The third-order valence-corrected chi connectivity index (χ3v) is 5.00. The van der Waals surface area contributed by atoms with Crippen molar-refractivity contribution in [1.82, 2.24) is 15.0 Å². The molecule has 3 aromatic rings. The molecule has 6 heteroatoms. The number of ether oxygens (including phenoxy) is 2. The number of hydrogen-bond donors (Lipinski definition) is 0. The second kappa shape index (κ2) is 7.80. The Hall–Kier alpha value is -2.86. The Morgan fingerprint density at radius 3 is 2.74 bits per heavy atom. The van der Waals surface area contributed by atoms with Gasteiger partial charge in [0.15, 0.2) is 0 Å². The Labute approximate surface area is 158 Å². The highest BCUT2D eigenvalue weighted by Crippen LogP contribution is 2.39. The molecule has 0 amide bonds. The molecule has 0 aliphatic carbocycles. The summed E-state index contributed by atoms with van der Waals surface area (Å²) in [6.45, 7) is 1.61. The average molecular weight is 365 g/mol. The van der Waals surface area contributed by atoms with Gasteiger partial charge in [0.1, 0.15) is 11.5 Å². The van der Waals surface area contributed by atoms with E-state index < -0.39 is 0 Å². The Bertz CT molecular complexity index is 895. The lowest BCUT2D eigenvalue weighted by molar-refractivity contribution is 0.209. The van der Waals surface area contributed by atoms with Crippen LogP contribution in [0, 0.1) is 0 Å². The van der Waals surface area contributed by atoms with Gasteiger partial charge in [-0.3, -0.25) is 4.90 Å². The molecule has 0 bridgehead atoms. The molecule has 0 spiro atoms. The van der Waals surface area contributed by atoms with Gasteiger partial charge < -0.3 is 14.0 Å². The van der Waals surface area contributed by atoms with Gasteiger partial charge in [-0.1, -0.05) is 41.6 Å². The first-order valence-electron chi connectivity index (χ1n) is 9.12. The van der Waals surface area contributed by atoms with E-state index >= 15 is 0 Å². The average Bonchev–Trinajstić information content (AvgIpc) is 3.38. The van der Waals surface area contributed by atoms with Gasteiger partial charge in [-0.2, -0.15) is 4.98 Å². The van der Waals surface area contributed by atoms with E-state index in [-0.39, 0.29) is 6.04 Å². The highest BCUT2D eigenvalue weighted by atomic mass is 16.5. The summed E-state index contributed by atoms with van der Waals surface area (Å²) in [6, 6.07) is 16.1. The quantitative estimate of drug-likeness (QED) is 0.656. The van der Waals surface area contributed by atoms with Crippen molar-refractivity contribution in [2.24, 2.45) is 0 Å². The van der Waals surface area contributed by atoms with Gasteiger partial charge >= 0.3 is 0 Å². The zero-order valence-electron chi connectivity index (χ0n) is 15.6. The van der Waals surface area contributed by atoms with Crippen molar-refractivity contribution >= 4 is 0 Å². The van der Waals surface area contributed by atoms with Crippen LogP contribution in [-0.4, -0.2) is 35.8 Å². The van der Waals surface area contributed by atoms with E-state index in [4.69, 9.17) is 14.0 Å². The second-order valence-electron chi connectivity index (χ2n) is 6.61. The van der Waals surface area contributed by atoms with E-state index in [1.54, 1.807) is 14.2 Å². The lowest BCUT2D eigenvalue weighted by Crippen LogP contribution is -2.23. The molecule has 1 aliphatic rings. The highest BCUT2D eigenvalue weighted by molar-refractivity contribution is 5.53. The van der Waals surface area contributed by atoms with Crippen LogP contribution >= 0.6 is 0 Å². The first-order chi connectivity index (χ1) is 13.3. The van der Waals surface area contributed by atoms with Crippen molar-refractivity contribution in [2.75, 3.05) is 20.8 Å². The fourth-order valence-electron chi connectivity index (χ4n) is 3.66. The monoisotopic (exact) mass is 365 g/mol. The standard InChI is InChI=1S/C21H23N3O3/c1-25-16-10-11-17(19(13-16)26-2)18-9-6-12-24(18)14-20-22-21(23-27-20)15-7-4-3-5-8-15/h3-5,7-8,10-11,13,18H,6,9,12,14H2,1-2H3. The fourth-order valence-corrected chi connectivity index (χ4v) is 3.66. The highest BCUT2D eigenvalue weighted by Gasteiger charge is 2.30. The third kappa shape index (κ3) is 3.66. The maximum absolute atomic E-state index is 5.60. The van der Waals surface area contributed by atoms with Crippen LogP contribution in [-0.2, 0) is 6.54 Å². The molecule has 6 nitrogen and oxygen atoms in total. The van der Waals surface area contributed by atoms with Crippen LogP contribution in [0.5, 0.6) is 11.5 Å². The molecule has 2 aromatic carbocycles. The molecule has 0 radical (unpaired) electrons. The van der Waals surface area contributed by atoms with Crippen LogP contribution in [0.3, 0.4) is 0 Å². The molecule has 1 saturated heterocycles. The van der Waals surface area contributed by atoms with Gasteiger partial charge in [0.2, 0.25) is 11.7 Å². The molecule has 1 atom stereocenters. The van der Waals surface area contributed by atoms with Crippen LogP contribution in [0.4, 0.5) is 0 Å². The summed E-state index contributed by atoms with van der Waals surface area (Å²) in [5.41, 5.74) is 2.13. The van der Waals surface area contributed by atoms with Crippen molar-refractivity contribution < 1.29 is 14.0 Å². The predicted octanol–water partition coefficient (Wildman–Crippen LogP) is 4.09. The topological polar surface area (TPSA) is 60.6 Å². The summed E-state index contributed by atoms with van der Waals surface area (Å²) in [5.74, 6) is 2.91. The van der Waals surface area contributed by atoms with Crippen LogP contribution < -0.4 is 9.47 Å². The van der Waals surface area contributed by atoms with Crippen LogP contribution in [0.15, 0.2) is 53.1 Å². The molecule has 27 heavy (non-hydrogen) atoms. The van der Waals surface area contributed by atoms with Gasteiger partial charge in [-0.05, 0) is 25.5 Å². The van der Waals surface area contributed by atoms with Crippen molar-refractivity contribution in [2.45, 2.75) is 25.4 Å². The van der Waals surface area contributed by atoms with Crippen LogP contribution in [0.2, 0.25) is 0 Å². The molecule has 1 fully saturated rings. The number of likely N-dealkylation sites (tertiary alicyclic amines) is 1. The fraction of sp³-hybridized carbons (Fsp3) is 0.333. The number of nitrogens with zero attached hydrogens (tertiary/aromatic N) is 3. The van der Waals surface area contributed by atoms with Gasteiger partial charge in [0.05, 0.1) is 20.8 Å². The Kier molecular flexibility index (Phi) is 5.07. The zero-order valence-corrected chi connectivity index (χ0v) is 15.6. The summed E-state index contributed by atoms with van der Waals surface area (Å²) >= 11 is 0. The lowest BCUT2D eigenvalue weighted by atomic mass is 10.0. The van der Waals surface area contributed by atoms with Crippen molar-refractivity contribution in [3.63, 3.8) is 0 Å². The van der Waals surface area contributed by atoms with E-state index in [9.17, 15) is 0 Å². The van der Waals surface area contributed by atoms with Gasteiger partial charge in [-0.25, -0.2) is 0 Å². The maximum Gasteiger partial charge on any atom is 0.241 e. The Morgan fingerprint density at radius 2 is 1.96 bits per heavy atom. The van der Waals surface area contributed by atoms with E-state index in [0.29, 0.717) is 18.3 Å². The SMILES string of the molecule is COc1ccc(C2CCCN2Cc2nc(-c3ccccc3)no2)c(OC)c1. The summed E-state index contributed by atoms with van der Waals surface area (Å²) in [6.07, 6.45) is 2.20. The van der Waals surface area contributed by atoms with Gasteiger partial charge in [0, 0.05) is 23.2 Å². The molecule has 4 rings (SSSR count). The van der Waals surface area contributed by atoms with Gasteiger partial charge in [-0.15, -0.1) is 0 Å². The summed E-state index contributed by atoms with van der Waals surface area (Å²) in [5, 5.41) is 4.13. The summed E-state index contributed by atoms with van der Waals surface area (Å²) in [4.78, 5) is 6.94. The molecule has 1 aromatic heterocycles. The summed E-state index contributed by atoms with van der Waals surface area (Å²) in [7, 11) is 3.36. The summed E-state index contributed by atoms with van der Waals surface area (Å²) < 4.78 is 16.4. The number of benzene rings is 2. The minimum absolute atomic E-state index is 0.262. The van der Waals surface area contributed by atoms with E-state index in [1.165, 1.54) is 5.56 Å². The molecule has 140 valence electrons. The number of hydrogen-bond acceptors (Lipinski definition) is 6. The second-order valence-corrected chi connectivity index (χ2v) is 6.61.